The van der Waals surface area contributed by atoms with Crippen LogP contribution in [0.5, 0.6) is 0 Å². The standard InChI is InChI=1S/C14H28O2.CH2O3/c1-9(2)11-7-6-10(3)8-12(11)13(15)14(4,5)16;2-1(3)4/h9-13,15-16H,6-8H2,1-5H3;(H2,2,3,4). The van der Waals surface area contributed by atoms with E-state index >= 15 is 0 Å². The minimum absolute atomic E-state index is 0.253. The Labute approximate surface area is 121 Å². The number of carboxylic acid groups (broad SMARTS) is 2. The lowest BCUT2D eigenvalue weighted by molar-refractivity contribution is -0.106. The van der Waals surface area contributed by atoms with Gasteiger partial charge < -0.3 is 20.4 Å². The average Bonchev–Trinajstić information content (AvgIpc) is 2.25. The van der Waals surface area contributed by atoms with E-state index in [0.717, 1.165) is 6.42 Å². The Morgan fingerprint density at radius 1 is 1.15 bits per heavy atom. The van der Waals surface area contributed by atoms with E-state index in [1.165, 1.54) is 12.8 Å². The summed E-state index contributed by atoms with van der Waals surface area (Å²) < 4.78 is 0. The zero-order valence-corrected chi connectivity index (χ0v) is 13.2. The maximum atomic E-state index is 10.3. The van der Waals surface area contributed by atoms with E-state index in [4.69, 9.17) is 15.0 Å². The van der Waals surface area contributed by atoms with Crippen LogP contribution >= 0.6 is 0 Å². The third kappa shape index (κ3) is 6.57. The summed E-state index contributed by atoms with van der Waals surface area (Å²) in [5, 5.41) is 34.2. The summed E-state index contributed by atoms with van der Waals surface area (Å²) in [6.07, 6.45) is 1.07. The maximum absolute atomic E-state index is 10.3. The van der Waals surface area contributed by atoms with Gasteiger partial charge in [-0.15, -0.1) is 0 Å². The first kappa shape index (κ1) is 19.2. The molecule has 5 nitrogen and oxygen atoms in total. The second-order valence-corrected chi connectivity index (χ2v) is 6.87. The van der Waals surface area contributed by atoms with Crippen molar-refractivity contribution in [2.75, 3.05) is 0 Å². The first-order valence-corrected chi connectivity index (χ1v) is 7.29. The summed E-state index contributed by atoms with van der Waals surface area (Å²) in [5.74, 6) is 2.08. The molecule has 0 bridgehead atoms. The molecule has 0 aromatic rings. The Morgan fingerprint density at radius 3 is 1.95 bits per heavy atom. The zero-order valence-electron chi connectivity index (χ0n) is 13.2. The number of hydrogen-bond donors (Lipinski definition) is 4. The van der Waals surface area contributed by atoms with Crippen molar-refractivity contribution in [3.05, 3.63) is 0 Å². The van der Waals surface area contributed by atoms with Crippen LogP contribution in [0.2, 0.25) is 0 Å². The number of aliphatic hydroxyl groups is 2. The Kier molecular flexibility index (Phi) is 7.52. The highest BCUT2D eigenvalue weighted by Gasteiger charge is 2.40. The summed E-state index contributed by atoms with van der Waals surface area (Å²) in [6, 6.07) is 0. The molecule has 1 saturated carbocycles. The molecule has 0 aromatic heterocycles. The van der Waals surface area contributed by atoms with Crippen molar-refractivity contribution in [1.29, 1.82) is 0 Å². The maximum Gasteiger partial charge on any atom is 0.503 e. The van der Waals surface area contributed by atoms with Crippen LogP contribution in [0.25, 0.3) is 0 Å². The second kappa shape index (κ2) is 7.84. The van der Waals surface area contributed by atoms with Gasteiger partial charge in [-0.25, -0.2) is 4.79 Å². The van der Waals surface area contributed by atoms with Crippen molar-refractivity contribution < 1.29 is 25.2 Å². The highest BCUT2D eigenvalue weighted by Crippen LogP contribution is 2.41. The Hall–Kier alpha value is -0.810. The molecule has 4 atom stereocenters. The van der Waals surface area contributed by atoms with Gasteiger partial charge in [-0.3, -0.25) is 0 Å². The third-order valence-corrected chi connectivity index (χ3v) is 4.20. The monoisotopic (exact) mass is 290 g/mol. The van der Waals surface area contributed by atoms with Crippen LogP contribution in [0.1, 0.15) is 53.9 Å². The van der Waals surface area contributed by atoms with E-state index in [1.807, 2.05) is 0 Å². The molecule has 0 aliphatic heterocycles. The van der Waals surface area contributed by atoms with Gasteiger partial charge in [-0.05, 0) is 50.4 Å². The van der Waals surface area contributed by atoms with Crippen LogP contribution in [0, 0.1) is 23.7 Å². The first-order chi connectivity index (χ1) is 8.96. The molecule has 4 unspecified atom stereocenters. The number of hydrogen-bond acceptors (Lipinski definition) is 3. The van der Waals surface area contributed by atoms with E-state index < -0.39 is 17.9 Å². The Balaban J connectivity index is 0.000000796. The molecule has 120 valence electrons. The summed E-state index contributed by atoms with van der Waals surface area (Å²) >= 11 is 0. The highest BCUT2D eigenvalue weighted by atomic mass is 16.6. The molecule has 1 aliphatic carbocycles. The van der Waals surface area contributed by atoms with Crippen LogP contribution in [0.3, 0.4) is 0 Å². The third-order valence-electron chi connectivity index (χ3n) is 4.20. The number of carbonyl (C=O) groups is 1. The summed E-state index contributed by atoms with van der Waals surface area (Å²) in [5.41, 5.74) is -0.977. The van der Waals surface area contributed by atoms with E-state index in [0.29, 0.717) is 17.8 Å². The van der Waals surface area contributed by atoms with Crippen molar-refractivity contribution in [2.45, 2.75) is 65.6 Å². The van der Waals surface area contributed by atoms with Gasteiger partial charge >= 0.3 is 6.16 Å². The van der Waals surface area contributed by atoms with Gasteiger partial charge in [-0.2, -0.15) is 0 Å². The number of rotatable bonds is 3. The fraction of sp³-hybridized carbons (Fsp3) is 0.933. The zero-order chi connectivity index (χ0) is 16.1. The fourth-order valence-corrected chi connectivity index (χ4v) is 3.16. The quantitative estimate of drug-likeness (QED) is 0.640. The molecule has 0 amide bonds. The minimum Gasteiger partial charge on any atom is -0.450 e. The van der Waals surface area contributed by atoms with Gasteiger partial charge in [0.05, 0.1) is 11.7 Å². The summed E-state index contributed by atoms with van der Waals surface area (Å²) in [4.78, 5) is 8.56. The molecule has 20 heavy (non-hydrogen) atoms. The highest BCUT2D eigenvalue weighted by molar-refractivity contribution is 5.53. The Bertz CT molecular complexity index is 289. The van der Waals surface area contributed by atoms with Crippen LogP contribution in [0.15, 0.2) is 0 Å². The topological polar surface area (TPSA) is 98.0 Å². The lowest BCUT2D eigenvalue weighted by Gasteiger charge is -2.43. The number of aliphatic hydroxyl groups excluding tert-OH is 1. The molecular formula is C15H30O5. The van der Waals surface area contributed by atoms with Gasteiger partial charge in [0.2, 0.25) is 0 Å². The van der Waals surface area contributed by atoms with Gasteiger partial charge in [0.25, 0.3) is 0 Å². The molecule has 4 N–H and O–H groups in total. The molecular weight excluding hydrogens is 260 g/mol. The van der Waals surface area contributed by atoms with Crippen molar-refractivity contribution in [3.8, 4) is 0 Å². The smallest absolute Gasteiger partial charge is 0.450 e. The van der Waals surface area contributed by atoms with Crippen molar-refractivity contribution >= 4 is 6.16 Å². The molecule has 1 rings (SSSR count). The van der Waals surface area contributed by atoms with E-state index in [1.54, 1.807) is 13.8 Å². The first-order valence-electron chi connectivity index (χ1n) is 7.29. The molecule has 0 heterocycles. The molecule has 0 aromatic carbocycles. The van der Waals surface area contributed by atoms with E-state index in [-0.39, 0.29) is 5.92 Å². The normalized spacial score (nSPS) is 28.5. The second-order valence-electron chi connectivity index (χ2n) is 6.87. The minimum atomic E-state index is -1.83. The molecule has 0 radical (unpaired) electrons. The molecule has 0 spiro atoms. The SMILES string of the molecule is CC1CCC(C(C)C)C(C(O)C(C)(C)O)C1.O=C(O)O. The Morgan fingerprint density at radius 2 is 1.60 bits per heavy atom. The van der Waals surface area contributed by atoms with Crippen molar-refractivity contribution in [1.82, 2.24) is 0 Å². The van der Waals surface area contributed by atoms with Gasteiger partial charge in [0, 0.05) is 0 Å². The van der Waals surface area contributed by atoms with E-state index in [9.17, 15) is 10.2 Å². The van der Waals surface area contributed by atoms with Crippen molar-refractivity contribution in [2.24, 2.45) is 23.7 Å². The summed E-state index contributed by atoms with van der Waals surface area (Å²) in [6.45, 7) is 10.1. The van der Waals surface area contributed by atoms with Crippen LogP contribution in [-0.2, 0) is 0 Å². The molecule has 1 fully saturated rings. The predicted octanol–water partition coefficient (Wildman–Crippen LogP) is 3.05. The van der Waals surface area contributed by atoms with Gasteiger partial charge in [0.1, 0.15) is 0 Å². The van der Waals surface area contributed by atoms with Gasteiger partial charge in [-0.1, -0.05) is 27.2 Å². The summed E-state index contributed by atoms with van der Waals surface area (Å²) in [7, 11) is 0. The largest absolute Gasteiger partial charge is 0.503 e. The predicted molar refractivity (Wildman–Crippen MR) is 77.8 cm³/mol. The lowest BCUT2D eigenvalue weighted by Crippen LogP contribution is -2.47. The lowest BCUT2D eigenvalue weighted by atomic mass is 9.66. The van der Waals surface area contributed by atoms with Gasteiger partial charge in [0.15, 0.2) is 0 Å². The average molecular weight is 290 g/mol. The fourth-order valence-electron chi connectivity index (χ4n) is 3.16. The van der Waals surface area contributed by atoms with Crippen LogP contribution in [0.4, 0.5) is 4.79 Å². The van der Waals surface area contributed by atoms with Crippen LogP contribution < -0.4 is 0 Å². The van der Waals surface area contributed by atoms with Crippen LogP contribution in [-0.4, -0.2) is 38.3 Å². The van der Waals surface area contributed by atoms with Crippen molar-refractivity contribution in [3.63, 3.8) is 0 Å². The molecule has 5 heteroatoms. The molecule has 0 saturated heterocycles. The van der Waals surface area contributed by atoms with E-state index in [2.05, 4.69) is 20.8 Å². The molecule has 1 aliphatic rings.